The van der Waals surface area contributed by atoms with Gasteiger partial charge in [-0.25, -0.2) is 0 Å². The second-order valence-corrected chi connectivity index (χ2v) is 5.88. The molecule has 0 atom stereocenters. The molecule has 0 spiro atoms. The molecule has 0 unspecified atom stereocenters. The van der Waals surface area contributed by atoms with Crippen LogP contribution in [0, 0.1) is 0 Å². The maximum absolute atomic E-state index is 12.3. The van der Waals surface area contributed by atoms with Crippen LogP contribution in [0.25, 0.3) is 6.08 Å². The fourth-order valence-electron chi connectivity index (χ4n) is 2.62. The number of carbonyl (C=O) groups is 1. The summed E-state index contributed by atoms with van der Waals surface area (Å²) in [6.45, 7) is 4.02. The van der Waals surface area contributed by atoms with Crippen molar-refractivity contribution in [3.8, 4) is 0 Å². The molecule has 120 valence electrons. The highest BCUT2D eigenvalue weighted by Gasteiger charge is 2.23. The van der Waals surface area contributed by atoms with Crippen molar-refractivity contribution < 1.29 is 9.21 Å². The standard InChI is InChI=1S/C18H19ClN2O2/c19-17-9-8-16(23-17)18(22)21-13-11-20(12-14-21)10-4-7-15-5-2-1-3-6-15/h1-9H,10-14H2/b7-4+. The van der Waals surface area contributed by atoms with Crippen LogP contribution in [-0.4, -0.2) is 48.4 Å². The van der Waals surface area contributed by atoms with E-state index in [1.807, 2.05) is 23.1 Å². The molecule has 3 rings (SSSR count). The Hall–Kier alpha value is -2.04. The Bertz CT molecular complexity index is 673. The summed E-state index contributed by atoms with van der Waals surface area (Å²) in [6, 6.07) is 13.5. The van der Waals surface area contributed by atoms with E-state index >= 15 is 0 Å². The smallest absolute Gasteiger partial charge is 0.289 e. The van der Waals surface area contributed by atoms with E-state index in [2.05, 4.69) is 29.2 Å². The summed E-state index contributed by atoms with van der Waals surface area (Å²) in [5.41, 5.74) is 1.20. The number of amides is 1. The number of hydrogen-bond donors (Lipinski definition) is 0. The van der Waals surface area contributed by atoms with Gasteiger partial charge < -0.3 is 9.32 Å². The van der Waals surface area contributed by atoms with Crippen LogP contribution in [0.15, 0.2) is 53.0 Å². The maximum atomic E-state index is 12.3. The van der Waals surface area contributed by atoms with Crippen LogP contribution in [-0.2, 0) is 0 Å². The lowest BCUT2D eigenvalue weighted by atomic mass is 10.2. The quantitative estimate of drug-likeness (QED) is 0.862. The minimum atomic E-state index is -0.0867. The third-order valence-electron chi connectivity index (χ3n) is 3.92. The van der Waals surface area contributed by atoms with Gasteiger partial charge in [0.2, 0.25) is 0 Å². The first-order chi connectivity index (χ1) is 11.2. The highest BCUT2D eigenvalue weighted by molar-refractivity contribution is 6.29. The summed E-state index contributed by atoms with van der Waals surface area (Å²) >= 11 is 5.72. The van der Waals surface area contributed by atoms with Gasteiger partial charge in [-0.3, -0.25) is 9.69 Å². The van der Waals surface area contributed by atoms with Gasteiger partial charge in [-0.15, -0.1) is 0 Å². The summed E-state index contributed by atoms with van der Waals surface area (Å²) in [7, 11) is 0. The lowest BCUT2D eigenvalue weighted by Gasteiger charge is -2.33. The van der Waals surface area contributed by atoms with Crippen LogP contribution in [0.2, 0.25) is 5.22 Å². The molecular weight excluding hydrogens is 312 g/mol. The van der Waals surface area contributed by atoms with E-state index in [0.717, 1.165) is 19.6 Å². The molecule has 0 bridgehead atoms. The Kier molecular flexibility index (Phi) is 5.16. The van der Waals surface area contributed by atoms with Crippen LogP contribution >= 0.6 is 11.6 Å². The number of carbonyl (C=O) groups excluding carboxylic acids is 1. The van der Waals surface area contributed by atoms with E-state index < -0.39 is 0 Å². The molecule has 0 radical (unpaired) electrons. The Morgan fingerprint density at radius 3 is 2.48 bits per heavy atom. The predicted molar refractivity (Wildman–Crippen MR) is 91.5 cm³/mol. The average Bonchev–Trinajstić information content (AvgIpc) is 3.02. The first-order valence-electron chi connectivity index (χ1n) is 7.71. The largest absolute Gasteiger partial charge is 0.440 e. The van der Waals surface area contributed by atoms with Gasteiger partial charge in [0, 0.05) is 32.7 Å². The van der Waals surface area contributed by atoms with E-state index in [1.54, 1.807) is 12.1 Å². The molecule has 5 heteroatoms. The first-order valence-corrected chi connectivity index (χ1v) is 8.09. The van der Waals surface area contributed by atoms with Gasteiger partial charge in [0.1, 0.15) is 0 Å². The van der Waals surface area contributed by atoms with Crippen molar-refractivity contribution in [1.29, 1.82) is 0 Å². The monoisotopic (exact) mass is 330 g/mol. The molecule has 23 heavy (non-hydrogen) atoms. The van der Waals surface area contributed by atoms with Crippen molar-refractivity contribution in [2.24, 2.45) is 0 Å². The summed E-state index contributed by atoms with van der Waals surface area (Å²) in [4.78, 5) is 16.4. The van der Waals surface area contributed by atoms with Gasteiger partial charge in [-0.05, 0) is 29.3 Å². The van der Waals surface area contributed by atoms with Crippen molar-refractivity contribution >= 4 is 23.6 Å². The lowest BCUT2D eigenvalue weighted by molar-refractivity contribution is 0.0619. The average molecular weight is 331 g/mol. The number of piperazine rings is 1. The fraction of sp³-hybridized carbons (Fsp3) is 0.278. The summed E-state index contributed by atoms with van der Waals surface area (Å²) in [6.07, 6.45) is 4.29. The number of furan rings is 1. The Labute approximate surface area is 140 Å². The molecule has 0 saturated carbocycles. The number of nitrogens with zero attached hydrogens (tertiary/aromatic N) is 2. The molecule has 4 nitrogen and oxygen atoms in total. The van der Waals surface area contributed by atoms with Crippen LogP contribution in [0.3, 0.4) is 0 Å². The minimum absolute atomic E-state index is 0.0867. The molecule has 1 fully saturated rings. The molecule has 1 aromatic carbocycles. The van der Waals surface area contributed by atoms with Crippen LogP contribution in [0.1, 0.15) is 16.1 Å². The zero-order chi connectivity index (χ0) is 16.1. The van der Waals surface area contributed by atoms with Crippen molar-refractivity contribution in [3.05, 3.63) is 65.1 Å². The Morgan fingerprint density at radius 1 is 1.09 bits per heavy atom. The predicted octanol–water partition coefficient (Wildman–Crippen LogP) is 3.40. The minimum Gasteiger partial charge on any atom is -0.440 e. The Morgan fingerprint density at radius 2 is 1.83 bits per heavy atom. The fourth-order valence-corrected chi connectivity index (χ4v) is 2.77. The number of hydrogen-bond acceptors (Lipinski definition) is 3. The zero-order valence-corrected chi connectivity index (χ0v) is 13.6. The SMILES string of the molecule is O=C(c1ccc(Cl)o1)N1CCN(C/C=C/c2ccccc2)CC1. The van der Waals surface area contributed by atoms with E-state index in [9.17, 15) is 4.79 Å². The molecule has 2 aromatic rings. The molecule has 1 aliphatic heterocycles. The highest BCUT2D eigenvalue weighted by Crippen LogP contribution is 2.16. The van der Waals surface area contributed by atoms with Crippen LogP contribution in [0.4, 0.5) is 0 Å². The topological polar surface area (TPSA) is 36.7 Å². The third-order valence-corrected chi connectivity index (χ3v) is 4.12. The first kappa shape index (κ1) is 15.8. The molecule has 1 saturated heterocycles. The van der Waals surface area contributed by atoms with Gasteiger partial charge in [-0.1, -0.05) is 42.5 Å². The van der Waals surface area contributed by atoms with Crippen molar-refractivity contribution in [1.82, 2.24) is 9.80 Å². The van der Waals surface area contributed by atoms with Crippen molar-refractivity contribution in [2.45, 2.75) is 0 Å². The molecule has 1 amide bonds. The molecule has 1 aromatic heterocycles. The summed E-state index contributed by atoms with van der Waals surface area (Å²) in [5.74, 6) is 0.226. The van der Waals surface area contributed by atoms with E-state index in [-0.39, 0.29) is 11.1 Å². The molecule has 2 heterocycles. The summed E-state index contributed by atoms with van der Waals surface area (Å²) < 4.78 is 5.19. The molecule has 1 aliphatic rings. The highest BCUT2D eigenvalue weighted by atomic mass is 35.5. The van der Waals surface area contributed by atoms with Crippen LogP contribution < -0.4 is 0 Å². The van der Waals surface area contributed by atoms with Crippen LogP contribution in [0.5, 0.6) is 0 Å². The lowest BCUT2D eigenvalue weighted by Crippen LogP contribution is -2.48. The maximum Gasteiger partial charge on any atom is 0.289 e. The van der Waals surface area contributed by atoms with Crippen molar-refractivity contribution in [2.75, 3.05) is 32.7 Å². The molecular formula is C18H19ClN2O2. The second kappa shape index (κ2) is 7.49. The van der Waals surface area contributed by atoms with Gasteiger partial charge in [-0.2, -0.15) is 0 Å². The van der Waals surface area contributed by atoms with E-state index in [4.69, 9.17) is 16.0 Å². The number of halogens is 1. The summed E-state index contributed by atoms with van der Waals surface area (Å²) in [5, 5.41) is 0.248. The van der Waals surface area contributed by atoms with Crippen molar-refractivity contribution in [3.63, 3.8) is 0 Å². The van der Waals surface area contributed by atoms with Gasteiger partial charge in [0.05, 0.1) is 0 Å². The van der Waals surface area contributed by atoms with Gasteiger partial charge >= 0.3 is 0 Å². The number of rotatable bonds is 4. The molecule has 0 aliphatic carbocycles. The van der Waals surface area contributed by atoms with E-state index in [1.165, 1.54) is 5.56 Å². The normalized spacial score (nSPS) is 16.1. The molecule has 0 N–H and O–H groups in total. The number of benzene rings is 1. The second-order valence-electron chi connectivity index (χ2n) is 5.51. The zero-order valence-electron chi connectivity index (χ0n) is 12.8. The third kappa shape index (κ3) is 4.24. The Balaban J connectivity index is 1.47. The van der Waals surface area contributed by atoms with Gasteiger partial charge in [0.25, 0.3) is 5.91 Å². The van der Waals surface area contributed by atoms with Gasteiger partial charge in [0.15, 0.2) is 11.0 Å². The van der Waals surface area contributed by atoms with E-state index in [0.29, 0.717) is 18.8 Å².